The van der Waals surface area contributed by atoms with Gasteiger partial charge in [-0.3, -0.25) is 0 Å². The Morgan fingerprint density at radius 2 is 0.923 bits per heavy atom. The van der Waals surface area contributed by atoms with E-state index in [9.17, 15) is 0 Å². The third kappa shape index (κ3) is 1.54. The van der Waals surface area contributed by atoms with Crippen molar-refractivity contribution < 1.29 is 28.4 Å². The van der Waals surface area contributed by atoms with Gasteiger partial charge in [0.2, 0.25) is 13.6 Å². The first-order valence-electron chi connectivity index (χ1n) is 8.99. The number of benzene rings is 2. The van der Waals surface area contributed by atoms with Crippen LogP contribution in [0.5, 0.6) is 34.5 Å². The van der Waals surface area contributed by atoms with Crippen molar-refractivity contribution in [2.45, 2.75) is 11.8 Å². The molecule has 6 nitrogen and oxygen atoms in total. The Bertz CT molecular complexity index is 876. The summed E-state index contributed by atoms with van der Waals surface area (Å²) in [6.07, 6.45) is 0. The minimum Gasteiger partial charge on any atom is -0.493 e. The van der Waals surface area contributed by atoms with Gasteiger partial charge in [-0.2, -0.15) is 0 Å². The fourth-order valence-corrected chi connectivity index (χ4v) is 5.24. The number of rotatable bonds is 0. The first-order chi connectivity index (χ1) is 12.9. The Balaban J connectivity index is 1.36. The summed E-state index contributed by atoms with van der Waals surface area (Å²) in [6.45, 7) is 2.00. The second kappa shape index (κ2) is 4.50. The quantitative estimate of drug-likeness (QED) is 0.726. The van der Waals surface area contributed by atoms with E-state index in [1.807, 2.05) is 12.1 Å². The average molecular weight is 352 g/mol. The lowest BCUT2D eigenvalue weighted by molar-refractivity contribution is -0.0199. The molecule has 0 N–H and O–H groups in total. The molecule has 1 saturated carbocycles. The van der Waals surface area contributed by atoms with Crippen molar-refractivity contribution in [1.29, 1.82) is 0 Å². The van der Waals surface area contributed by atoms with E-state index in [2.05, 4.69) is 12.1 Å². The van der Waals surface area contributed by atoms with Crippen LogP contribution in [-0.4, -0.2) is 26.8 Å². The highest BCUT2D eigenvalue weighted by Gasteiger charge is 2.57. The van der Waals surface area contributed by atoms with Gasteiger partial charge in [-0.1, -0.05) is 0 Å². The SMILES string of the molecule is c1c2c(cc3c1OC[C@@H]1[C@H]4COc5cc6c(cc5[C@H]4[C@H]31)OCO6)OCO2. The monoisotopic (exact) mass is 352 g/mol. The maximum Gasteiger partial charge on any atom is 0.231 e. The predicted molar refractivity (Wildman–Crippen MR) is 88.6 cm³/mol. The third-order valence-corrected chi connectivity index (χ3v) is 6.45. The van der Waals surface area contributed by atoms with E-state index in [1.165, 1.54) is 11.1 Å². The molecule has 5 aliphatic rings. The molecule has 0 aromatic heterocycles. The molecule has 132 valence electrons. The minimum absolute atomic E-state index is 0.276. The number of hydrogen-bond acceptors (Lipinski definition) is 6. The van der Waals surface area contributed by atoms with Crippen LogP contribution >= 0.6 is 0 Å². The molecule has 0 spiro atoms. The summed E-state index contributed by atoms with van der Waals surface area (Å²) in [7, 11) is 0. The largest absolute Gasteiger partial charge is 0.493 e. The molecular formula is C20H16O6. The Kier molecular flexibility index (Phi) is 2.32. The zero-order valence-corrected chi connectivity index (χ0v) is 13.9. The molecule has 1 fully saturated rings. The molecule has 4 heterocycles. The summed E-state index contributed by atoms with van der Waals surface area (Å²) >= 11 is 0. The Morgan fingerprint density at radius 3 is 1.38 bits per heavy atom. The normalized spacial score (nSPS) is 30.8. The number of ether oxygens (including phenoxy) is 6. The molecule has 2 aromatic carbocycles. The molecular weight excluding hydrogens is 336 g/mol. The van der Waals surface area contributed by atoms with Gasteiger partial charge in [0.15, 0.2) is 23.0 Å². The summed E-state index contributed by atoms with van der Waals surface area (Å²) in [5, 5.41) is 0. The second-order valence-electron chi connectivity index (χ2n) is 7.49. The molecule has 0 amide bonds. The van der Waals surface area contributed by atoms with Crippen LogP contribution in [0, 0.1) is 11.8 Å². The lowest BCUT2D eigenvalue weighted by Gasteiger charge is -2.56. The van der Waals surface area contributed by atoms with Crippen molar-refractivity contribution in [3.63, 3.8) is 0 Å². The molecule has 0 radical (unpaired) electrons. The highest BCUT2D eigenvalue weighted by atomic mass is 16.7. The van der Waals surface area contributed by atoms with Crippen LogP contribution in [-0.2, 0) is 0 Å². The lowest BCUT2D eigenvalue weighted by Crippen LogP contribution is -2.52. The molecule has 0 unspecified atom stereocenters. The fourth-order valence-electron chi connectivity index (χ4n) is 5.24. The van der Waals surface area contributed by atoms with Gasteiger partial charge in [-0.05, 0) is 12.1 Å². The summed E-state index contributed by atoms with van der Waals surface area (Å²) in [4.78, 5) is 0. The molecule has 26 heavy (non-hydrogen) atoms. The van der Waals surface area contributed by atoms with Gasteiger partial charge < -0.3 is 28.4 Å². The Morgan fingerprint density at radius 1 is 0.500 bits per heavy atom. The van der Waals surface area contributed by atoms with Gasteiger partial charge in [0.05, 0.1) is 13.2 Å². The molecule has 7 rings (SSSR count). The zero-order chi connectivity index (χ0) is 16.8. The van der Waals surface area contributed by atoms with E-state index >= 15 is 0 Å². The van der Waals surface area contributed by atoms with E-state index in [0.29, 0.717) is 23.7 Å². The topological polar surface area (TPSA) is 55.4 Å². The highest BCUT2D eigenvalue weighted by molar-refractivity contribution is 5.59. The lowest BCUT2D eigenvalue weighted by atomic mass is 9.51. The summed E-state index contributed by atoms with van der Waals surface area (Å²) in [5.41, 5.74) is 2.44. The zero-order valence-electron chi connectivity index (χ0n) is 13.9. The van der Waals surface area contributed by atoms with Gasteiger partial charge in [0.25, 0.3) is 0 Å². The maximum absolute atomic E-state index is 6.06. The van der Waals surface area contributed by atoms with Crippen LogP contribution in [0.1, 0.15) is 23.0 Å². The second-order valence-corrected chi connectivity index (χ2v) is 7.49. The van der Waals surface area contributed by atoms with E-state index in [1.54, 1.807) is 0 Å². The summed E-state index contributed by atoms with van der Waals surface area (Å²) in [6, 6.07) is 8.15. The molecule has 1 aliphatic carbocycles. The first kappa shape index (κ1) is 13.4. The van der Waals surface area contributed by atoms with Gasteiger partial charge in [-0.25, -0.2) is 0 Å². The maximum atomic E-state index is 6.06. The summed E-state index contributed by atoms with van der Waals surface area (Å²) in [5.74, 6) is 6.75. The molecule has 0 bridgehead atoms. The highest BCUT2D eigenvalue weighted by Crippen LogP contribution is 2.65. The molecule has 6 heteroatoms. The van der Waals surface area contributed by atoms with Crippen molar-refractivity contribution in [1.82, 2.24) is 0 Å². The molecule has 4 aliphatic heterocycles. The Hall–Kier alpha value is -2.76. The van der Waals surface area contributed by atoms with Gasteiger partial charge in [0.1, 0.15) is 11.5 Å². The molecule has 0 saturated heterocycles. The van der Waals surface area contributed by atoms with Crippen LogP contribution < -0.4 is 28.4 Å². The van der Waals surface area contributed by atoms with E-state index in [0.717, 1.165) is 47.7 Å². The van der Waals surface area contributed by atoms with E-state index in [4.69, 9.17) is 28.4 Å². The molecule has 4 atom stereocenters. The minimum atomic E-state index is 0.276. The van der Waals surface area contributed by atoms with Gasteiger partial charge >= 0.3 is 0 Å². The first-order valence-corrected chi connectivity index (χ1v) is 8.99. The smallest absolute Gasteiger partial charge is 0.231 e. The van der Waals surface area contributed by atoms with Crippen LogP contribution in [0.15, 0.2) is 24.3 Å². The van der Waals surface area contributed by atoms with Crippen LogP contribution in [0.3, 0.4) is 0 Å². The van der Waals surface area contributed by atoms with E-state index < -0.39 is 0 Å². The van der Waals surface area contributed by atoms with Crippen molar-refractivity contribution in [2.24, 2.45) is 11.8 Å². The predicted octanol–water partition coefficient (Wildman–Crippen LogP) is 3.04. The van der Waals surface area contributed by atoms with Gasteiger partial charge in [0, 0.05) is 46.9 Å². The van der Waals surface area contributed by atoms with Crippen molar-refractivity contribution in [3.8, 4) is 34.5 Å². The molecule has 2 aromatic rings. The number of fused-ring (bicyclic) bond motifs is 10. The third-order valence-electron chi connectivity index (χ3n) is 6.45. The fraction of sp³-hybridized carbons (Fsp3) is 0.400. The van der Waals surface area contributed by atoms with Crippen molar-refractivity contribution in [3.05, 3.63) is 35.4 Å². The van der Waals surface area contributed by atoms with E-state index in [-0.39, 0.29) is 13.6 Å². The Labute approximate surface area is 149 Å². The van der Waals surface area contributed by atoms with Crippen LogP contribution in [0.2, 0.25) is 0 Å². The van der Waals surface area contributed by atoms with Gasteiger partial charge in [-0.15, -0.1) is 0 Å². The van der Waals surface area contributed by atoms with Crippen LogP contribution in [0.25, 0.3) is 0 Å². The van der Waals surface area contributed by atoms with Crippen molar-refractivity contribution in [2.75, 3.05) is 26.8 Å². The average Bonchev–Trinajstić information content (AvgIpc) is 3.28. The standard InChI is InChI=1S/C20H16O6/c1-9-13(3-17-15(1)23-7-25-17)21-5-11-12-6-22-14-4-18-16(24-8-26-18)2-10(14)20(12)19(9)11/h1-4,11-12,19-20H,5-8H2/t11-,12-,19-,20-/m1/s1. The van der Waals surface area contributed by atoms with Crippen molar-refractivity contribution >= 4 is 0 Å². The van der Waals surface area contributed by atoms with Crippen LogP contribution in [0.4, 0.5) is 0 Å². The number of hydrogen-bond donors (Lipinski definition) is 0. The summed E-state index contributed by atoms with van der Waals surface area (Å²) < 4.78 is 34.3.